The van der Waals surface area contributed by atoms with Crippen LogP contribution in [-0.4, -0.2) is 11.7 Å². The minimum absolute atomic E-state index is 0.361. The predicted octanol–water partition coefficient (Wildman–Crippen LogP) is 4.43. The Hall–Kier alpha value is -1.30. The molecule has 2 aliphatic rings. The van der Waals surface area contributed by atoms with E-state index in [1.807, 2.05) is 0 Å². The first-order valence-corrected chi connectivity index (χ1v) is 8.05. The highest BCUT2D eigenvalue weighted by molar-refractivity contribution is 7.80. The number of fused-ring (bicyclic) bond motifs is 2. The lowest BCUT2D eigenvalue weighted by Crippen LogP contribution is -2.34. The molecule has 0 spiro atoms. The van der Waals surface area contributed by atoms with Gasteiger partial charge >= 0.3 is 6.18 Å². The van der Waals surface area contributed by atoms with Gasteiger partial charge in [-0.1, -0.05) is 12.5 Å². The Kier molecular flexibility index (Phi) is 4.30. The summed E-state index contributed by atoms with van der Waals surface area (Å²) in [7, 11) is 0. The lowest BCUT2D eigenvalue weighted by molar-refractivity contribution is -0.137. The van der Waals surface area contributed by atoms with E-state index >= 15 is 0 Å². The summed E-state index contributed by atoms with van der Waals surface area (Å²) in [6, 6.07) is 5.09. The van der Waals surface area contributed by atoms with Crippen molar-refractivity contribution in [1.29, 1.82) is 0 Å². The van der Waals surface area contributed by atoms with Crippen LogP contribution in [0.2, 0.25) is 0 Å². The summed E-state index contributed by atoms with van der Waals surface area (Å²) in [5, 5.41) is 6.39. The third-order valence-corrected chi connectivity index (χ3v) is 5.10. The van der Waals surface area contributed by atoms with Gasteiger partial charge in [0.15, 0.2) is 5.11 Å². The first-order chi connectivity index (χ1) is 10.4. The van der Waals surface area contributed by atoms with Crippen molar-refractivity contribution in [2.45, 2.75) is 31.9 Å². The Bertz CT molecular complexity index is 559. The van der Waals surface area contributed by atoms with Gasteiger partial charge in [-0.25, -0.2) is 0 Å². The van der Waals surface area contributed by atoms with Gasteiger partial charge in [-0.2, -0.15) is 13.2 Å². The van der Waals surface area contributed by atoms with Gasteiger partial charge in [-0.05, 0) is 67.4 Å². The summed E-state index contributed by atoms with van der Waals surface area (Å²) in [5.74, 6) is 2.33. The van der Waals surface area contributed by atoms with Crippen LogP contribution in [0.1, 0.15) is 31.2 Å². The Labute approximate surface area is 133 Å². The fourth-order valence-corrected chi connectivity index (χ4v) is 4.00. The SMILES string of the molecule is FC(F)(F)c1cccc(NC(=S)NC[C@H]2C[C@@H]3CC[C@@H]2C3)c1. The van der Waals surface area contributed by atoms with Crippen LogP contribution in [0, 0.1) is 17.8 Å². The summed E-state index contributed by atoms with van der Waals surface area (Å²) in [6.45, 7) is 0.811. The molecule has 6 heteroatoms. The minimum atomic E-state index is -4.34. The number of nitrogens with one attached hydrogen (secondary N) is 2. The van der Waals surface area contributed by atoms with Crippen molar-refractivity contribution in [1.82, 2.24) is 5.32 Å². The molecule has 2 fully saturated rings. The lowest BCUT2D eigenvalue weighted by atomic mass is 9.89. The molecule has 0 radical (unpaired) electrons. The third-order valence-electron chi connectivity index (χ3n) is 4.86. The molecule has 3 rings (SSSR count). The van der Waals surface area contributed by atoms with Gasteiger partial charge in [0.1, 0.15) is 0 Å². The predicted molar refractivity (Wildman–Crippen MR) is 84.6 cm³/mol. The molecule has 0 unspecified atom stereocenters. The van der Waals surface area contributed by atoms with Gasteiger partial charge in [0.2, 0.25) is 0 Å². The van der Waals surface area contributed by atoms with Crippen LogP contribution in [0.4, 0.5) is 18.9 Å². The molecular weight excluding hydrogens is 309 g/mol. The van der Waals surface area contributed by atoms with Crippen molar-refractivity contribution in [3.05, 3.63) is 29.8 Å². The number of alkyl halides is 3. The highest BCUT2D eigenvalue weighted by atomic mass is 32.1. The average molecular weight is 328 g/mol. The average Bonchev–Trinajstić information content (AvgIpc) is 3.07. The topological polar surface area (TPSA) is 24.1 Å². The molecule has 2 aliphatic carbocycles. The summed E-state index contributed by atoms with van der Waals surface area (Å²) in [6.07, 6.45) is 0.915. The number of hydrogen-bond acceptors (Lipinski definition) is 1. The quantitative estimate of drug-likeness (QED) is 0.803. The fourth-order valence-electron chi connectivity index (χ4n) is 3.80. The van der Waals surface area contributed by atoms with Crippen LogP contribution in [0.25, 0.3) is 0 Å². The number of hydrogen-bond donors (Lipinski definition) is 2. The molecule has 22 heavy (non-hydrogen) atoms. The van der Waals surface area contributed by atoms with Crippen molar-refractivity contribution in [2.24, 2.45) is 17.8 Å². The smallest absolute Gasteiger partial charge is 0.362 e. The molecule has 2 nitrogen and oxygen atoms in total. The highest BCUT2D eigenvalue weighted by Crippen LogP contribution is 2.47. The van der Waals surface area contributed by atoms with Crippen LogP contribution in [0.15, 0.2) is 24.3 Å². The van der Waals surface area contributed by atoms with E-state index < -0.39 is 11.7 Å². The van der Waals surface area contributed by atoms with Crippen molar-refractivity contribution in [3.8, 4) is 0 Å². The molecule has 0 saturated heterocycles. The second kappa shape index (κ2) is 6.07. The first kappa shape index (κ1) is 15.6. The normalized spacial score (nSPS) is 27.0. The molecular formula is C16H19F3N2S. The Morgan fingerprint density at radius 3 is 2.68 bits per heavy atom. The maximum Gasteiger partial charge on any atom is 0.416 e. The van der Waals surface area contributed by atoms with Crippen LogP contribution >= 0.6 is 12.2 Å². The Balaban J connectivity index is 1.51. The van der Waals surface area contributed by atoms with Gasteiger partial charge in [-0.15, -0.1) is 0 Å². The van der Waals surface area contributed by atoms with Gasteiger partial charge in [0, 0.05) is 12.2 Å². The molecule has 0 aliphatic heterocycles. The standard InChI is InChI=1S/C16H19F3N2S/c17-16(18,19)13-2-1-3-14(8-13)21-15(22)20-9-12-7-10-4-5-11(12)6-10/h1-3,8,10-12H,4-7,9H2,(H2,20,21,22)/t10-,11-,12-/m1/s1. The molecule has 2 bridgehead atoms. The van der Waals surface area contributed by atoms with E-state index in [-0.39, 0.29) is 0 Å². The zero-order chi connectivity index (χ0) is 15.7. The van der Waals surface area contributed by atoms with Gasteiger partial charge in [-0.3, -0.25) is 0 Å². The Morgan fingerprint density at radius 2 is 2.05 bits per heavy atom. The molecule has 1 aromatic rings. The number of benzene rings is 1. The summed E-state index contributed by atoms with van der Waals surface area (Å²) in [4.78, 5) is 0. The summed E-state index contributed by atoms with van der Waals surface area (Å²) < 4.78 is 38.0. The first-order valence-electron chi connectivity index (χ1n) is 7.64. The number of rotatable bonds is 3. The second-order valence-corrected chi connectivity index (χ2v) is 6.76. The van der Waals surface area contributed by atoms with E-state index in [0.717, 1.165) is 30.5 Å². The largest absolute Gasteiger partial charge is 0.416 e. The summed E-state index contributed by atoms with van der Waals surface area (Å²) >= 11 is 5.19. The number of anilines is 1. The van der Waals surface area contributed by atoms with Crippen molar-refractivity contribution >= 4 is 23.0 Å². The molecule has 0 aromatic heterocycles. The van der Waals surface area contributed by atoms with Gasteiger partial charge in [0.25, 0.3) is 0 Å². The van der Waals surface area contributed by atoms with E-state index in [1.54, 1.807) is 6.07 Å². The summed E-state index contributed by atoms with van der Waals surface area (Å²) in [5.41, 5.74) is -0.311. The van der Waals surface area contributed by atoms with E-state index in [0.29, 0.717) is 16.7 Å². The maximum atomic E-state index is 12.7. The zero-order valence-electron chi connectivity index (χ0n) is 12.1. The van der Waals surface area contributed by atoms with Crippen molar-refractivity contribution < 1.29 is 13.2 Å². The van der Waals surface area contributed by atoms with Gasteiger partial charge in [0.05, 0.1) is 5.56 Å². The number of thiocarbonyl (C=S) groups is 1. The maximum absolute atomic E-state index is 12.7. The second-order valence-electron chi connectivity index (χ2n) is 6.35. The third kappa shape index (κ3) is 3.54. The van der Waals surface area contributed by atoms with Crippen LogP contribution in [-0.2, 0) is 6.18 Å². The highest BCUT2D eigenvalue weighted by Gasteiger charge is 2.39. The zero-order valence-corrected chi connectivity index (χ0v) is 12.9. The van der Waals surface area contributed by atoms with E-state index in [1.165, 1.54) is 31.7 Å². The van der Waals surface area contributed by atoms with Crippen LogP contribution in [0.3, 0.4) is 0 Å². The van der Waals surface area contributed by atoms with Gasteiger partial charge < -0.3 is 10.6 Å². The minimum Gasteiger partial charge on any atom is -0.362 e. The van der Waals surface area contributed by atoms with E-state index in [2.05, 4.69) is 10.6 Å². The molecule has 3 atom stereocenters. The lowest BCUT2D eigenvalue weighted by Gasteiger charge is -2.22. The fraction of sp³-hybridized carbons (Fsp3) is 0.562. The Morgan fingerprint density at radius 1 is 1.23 bits per heavy atom. The molecule has 2 N–H and O–H groups in total. The van der Waals surface area contributed by atoms with Crippen molar-refractivity contribution in [2.75, 3.05) is 11.9 Å². The number of halogens is 3. The monoisotopic (exact) mass is 328 g/mol. The molecule has 2 saturated carbocycles. The van der Waals surface area contributed by atoms with Crippen LogP contribution < -0.4 is 10.6 Å². The van der Waals surface area contributed by atoms with E-state index in [4.69, 9.17) is 12.2 Å². The molecule has 120 valence electrons. The van der Waals surface area contributed by atoms with Crippen molar-refractivity contribution in [3.63, 3.8) is 0 Å². The van der Waals surface area contributed by atoms with E-state index in [9.17, 15) is 13.2 Å². The van der Waals surface area contributed by atoms with Crippen LogP contribution in [0.5, 0.6) is 0 Å². The molecule has 0 amide bonds. The molecule has 0 heterocycles. The molecule has 1 aromatic carbocycles.